The van der Waals surface area contributed by atoms with E-state index in [-0.39, 0.29) is 29.9 Å². The molecule has 0 unspecified atom stereocenters. The van der Waals surface area contributed by atoms with Crippen LogP contribution in [0.4, 0.5) is 4.39 Å². The van der Waals surface area contributed by atoms with E-state index in [1.54, 1.807) is 32.6 Å². The van der Waals surface area contributed by atoms with Crippen LogP contribution in [0.3, 0.4) is 0 Å². The summed E-state index contributed by atoms with van der Waals surface area (Å²) in [5, 5.41) is 20.2. The van der Waals surface area contributed by atoms with E-state index >= 15 is 0 Å². The molecular formula is C30H30FN7O3. The zero-order valence-electron chi connectivity index (χ0n) is 22.6. The van der Waals surface area contributed by atoms with Gasteiger partial charge in [-0.1, -0.05) is 24.3 Å². The SMILES string of the molecule is C[C@@H](CC(=O)N1CCC(O)(Cn2cnc3c(cnn3-c3ccc(-c4ccc(F)cc4)cc3)c2=O)CC1)n1cccn1. The summed E-state index contributed by atoms with van der Waals surface area (Å²) in [6.07, 6.45) is 7.51. The Balaban J connectivity index is 1.13. The third-order valence-electron chi connectivity index (χ3n) is 7.80. The fourth-order valence-electron chi connectivity index (χ4n) is 5.35. The second-order valence-electron chi connectivity index (χ2n) is 10.7. The van der Waals surface area contributed by atoms with Gasteiger partial charge in [-0.3, -0.25) is 18.8 Å². The Kier molecular flexibility index (Phi) is 6.96. The number of amides is 1. The van der Waals surface area contributed by atoms with Crippen molar-refractivity contribution in [3.8, 4) is 16.8 Å². The van der Waals surface area contributed by atoms with Gasteiger partial charge in [0.25, 0.3) is 5.56 Å². The number of piperidine rings is 1. The minimum Gasteiger partial charge on any atom is -0.388 e. The zero-order valence-corrected chi connectivity index (χ0v) is 22.6. The minimum atomic E-state index is -1.13. The van der Waals surface area contributed by atoms with E-state index in [2.05, 4.69) is 15.2 Å². The highest BCUT2D eigenvalue weighted by molar-refractivity contribution is 5.77. The van der Waals surface area contributed by atoms with E-state index < -0.39 is 5.60 Å². The van der Waals surface area contributed by atoms with E-state index in [1.165, 1.54) is 29.2 Å². The first kappa shape index (κ1) is 26.6. The highest BCUT2D eigenvalue weighted by atomic mass is 19.1. The number of aliphatic hydroxyl groups is 1. The Labute approximate surface area is 235 Å². The van der Waals surface area contributed by atoms with Gasteiger partial charge in [0.1, 0.15) is 17.5 Å². The van der Waals surface area contributed by atoms with Crippen LogP contribution in [0.1, 0.15) is 32.2 Å². The van der Waals surface area contributed by atoms with Gasteiger partial charge >= 0.3 is 0 Å². The van der Waals surface area contributed by atoms with Gasteiger partial charge in [0, 0.05) is 31.9 Å². The molecule has 0 spiro atoms. The van der Waals surface area contributed by atoms with Gasteiger partial charge in [-0.05, 0) is 61.2 Å². The highest BCUT2D eigenvalue weighted by Crippen LogP contribution is 2.26. The van der Waals surface area contributed by atoms with Crippen LogP contribution in [-0.4, -0.2) is 63.7 Å². The minimum absolute atomic E-state index is 0.0217. The number of likely N-dealkylation sites (tertiary alicyclic amines) is 1. The Hall–Kier alpha value is -4.64. The summed E-state index contributed by atoms with van der Waals surface area (Å²) in [7, 11) is 0. The van der Waals surface area contributed by atoms with Crippen molar-refractivity contribution >= 4 is 16.9 Å². The summed E-state index contributed by atoms with van der Waals surface area (Å²) >= 11 is 0. The molecule has 210 valence electrons. The van der Waals surface area contributed by atoms with Crippen LogP contribution in [0.15, 0.2) is 84.3 Å². The number of halogens is 1. The van der Waals surface area contributed by atoms with Gasteiger partial charge < -0.3 is 10.0 Å². The normalized spacial score (nSPS) is 15.7. The molecule has 1 aliphatic heterocycles. The molecule has 2 aromatic carbocycles. The molecule has 0 bridgehead atoms. The van der Waals surface area contributed by atoms with E-state index in [4.69, 9.17) is 0 Å². The zero-order chi connectivity index (χ0) is 28.6. The number of rotatable bonds is 7. The Morgan fingerprint density at radius 3 is 2.39 bits per heavy atom. The standard InChI is InChI=1S/C30H30FN7O3/c1-21(37-14-2-13-33-37)17-27(39)35-15-11-30(41,12-16-35)19-36-20-32-28-26(29(36)40)18-34-38(28)25-9-5-23(6-10-25)22-3-7-24(31)8-4-22/h2-10,13-14,18,20-21,41H,11-12,15-17,19H2,1H3/t21-/m0/s1. The highest BCUT2D eigenvalue weighted by Gasteiger charge is 2.35. The number of nitrogens with zero attached hydrogens (tertiary/aromatic N) is 7. The average molecular weight is 556 g/mol. The van der Waals surface area contributed by atoms with E-state index in [0.717, 1.165) is 16.8 Å². The summed E-state index contributed by atoms with van der Waals surface area (Å²) in [6.45, 7) is 2.86. The van der Waals surface area contributed by atoms with Gasteiger partial charge in [0.2, 0.25) is 5.91 Å². The van der Waals surface area contributed by atoms with Gasteiger partial charge in [0.15, 0.2) is 5.65 Å². The molecule has 4 heterocycles. The maximum atomic E-state index is 13.3. The maximum Gasteiger partial charge on any atom is 0.264 e. The van der Waals surface area contributed by atoms with E-state index in [1.807, 2.05) is 43.5 Å². The van der Waals surface area contributed by atoms with Crippen molar-refractivity contribution < 1.29 is 14.3 Å². The number of hydrogen-bond acceptors (Lipinski definition) is 6. The molecule has 1 saturated heterocycles. The molecule has 11 heteroatoms. The van der Waals surface area contributed by atoms with Crippen molar-refractivity contribution in [1.29, 1.82) is 0 Å². The van der Waals surface area contributed by atoms with Gasteiger partial charge in [-0.25, -0.2) is 14.1 Å². The number of hydrogen-bond donors (Lipinski definition) is 1. The van der Waals surface area contributed by atoms with E-state index in [9.17, 15) is 19.1 Å². The Bertz CT molecular complexity index is 1720. The van der Waals surface area contributed by atoms with Crippen molar-refractivity contribution in [2.45, 2.75) is 44.4 Å². The third-order valence-corrected chi connectivity index (χ3v) is 7.80. The lowest BCUT2D eigenvalue weighted by atomic mass is 9.91. The van der Waals surface area contributed by atoms with Crippen molar-refractivity contribution in [2.24, 2.45) is 0 Å². The first-order valence-corrected chi connectivity index (χ1v) is 13.6. The van der Waals surface area contributed by atoms with Crippen molar-refractivity contribution in [3.63, 3.8) is 0 Å². The topological polar surface area (TPSA) is 111 Å². The second kappa shape index (κ2) is 10.7. The summed E-state index contributed by atoms with van der Waals surface area (Å²) < 4.78 is 18.0. The quantitative estimate of drug-likeness (QED) is 0.329. The fraction of sp³-hybridized carbons (Fsp3) is 0.300. The van der Waals surface area contributed by atoms with Crippen molar-refractivity contribution in [3.05, 3.63) is 95.7 Å². The van der Waals surface area contributed by atoms with Crippen LogP contribution in [0.2, 0.25) is 0 Å². The lowest BCUT2D eigenvalue weighted by molar-refractivity contribution is -0.136. The lowest BCUT2D eigenvalue weighted by Crippen LogP contribution is -2.49. The van der Waals surface area contributed by atoms with Gasteiger partial charge in [0.05, 0.1) is 30.1 Å². The third kappa shape index (κ3) is 5.40. The fourth-order valence-corrected chi connectivity index (χ4v) is 5.35. The largest absolute Gasteiger partial charge is 0.388 e. The Morgan fingerprint density at radius 2 is 1.73 bits per heavy atom. The lowest BCUT2D eigenvalue weighted by Gasteiger charge is -2.38. The molecule has 10 nitrogen and oxygen atoms in total. The molecule has 0 aliphatic carbocycles. The van der Waals surface area contributed by atoms with Crippen molar-refractivity contribution in [2.75, 3.05) is 13.1 Å². The van der Waals surface area contributed by atoms with Crippen LogP contribution < -0.4 is 5.56 Å². The molecule has 1 amide bonds. The smallest absolute Gasteiger partial charge is 0.264 e. The van der Waals surface area contributed by atoms with Crippen molar-refractivity contribution in [1.82, 2.24) is 34.0 Å². The Morgan fingerprint density at radius 1 is 1.05 bits per heavy atom. The first-order valence-electron chi connectivity index (χ1n) is 13.6. The van der Waals surface area contributed by atoms with Crippen LogP contribution in [0, 0.1) is 5.82 Å². The first-order chi connectivity index (χ1) is 19.8. The van der Waals surface area contributed by atoms with Gasteiger partial charge in [-0.2, -0.15) is 10.2 Å². The molecule has 5 aromatic rings. The molecule has 0 saturated carbocycles. The van der Waals surface area contributed by atoms with Crippen LogP contribution in [-0.2, 0) is 11.3 Å². The predicted molar refractivity (Wildman–Crippen MR) is 151 cm³/mol. The molecule has 1 fully saturated rings. The molecule has 1 N–H and O–H groups in total. The molecule has 3 aromatic heterocycles. The summed E-state index contributed by atoms with van der Waals surface area (Å²) in [4.78, 5) is 32.4. The maximum absolute atomic E-state index is 13.3. The number of carbonyl (C=O) groups is 1. The molecular weight excluding hydrogens is 525 g/mol. The monoisotopic (exact) mass is 555 g/mol. The summed E-state index contributed by atoms with van der Waals surface area (Å²) in [6, 6.07) is 15.6. The van der Waals surface area contributed by atoms with Crippen LogP contribution in [0.5, 0.6) is 0 Å². The second-order valence-corrected chi connectivity index (χ2v) is 10.7. The molecule has 1 atom stereocenters. The molecule has 0 radical (unpaired) electrons. The average Bonchev–Trinajstić information content (AvgIpc) is 3.67. The predicted octanol–water partition coefficient (Wildman–Crippen LogP) is 3.59. The van der Waals surface area contributed by atoms with Gasteiger partial charge in [-0.15, -0.1) is 0 Å². The van der Waals surface area contributed by atoms with E-state index in [0.29, 0.717) is 43.4 Å². The number of fused-ring (bicyclic) bond motifs is 1. The molecule has 6 rings (SSSR count). The van der Waals surface area contributed by atoms with Crippen LogP contribution in [0.25, 0.3) is 27.8 Å². The number of carbonyl (C=O) groups excluding carboxylic acids is 1. The number of aromatic nitrogens is 6. The molecule has 41 heavy (non-hydrogen) atoms. The summed E-state index contributed by atoms with van der Waals surface area (Å²) in [5.74, 6) is -0.266. The summed E-state index contributed by atoms with van der Waals surface area (Å²) in [5.41, 5.74) is 1.54. The molecule has 1 aliphatic rings. The van der Waals surface area contributed by atoms with Crippen LogP contribution >= 0.6 is 0 Å². The number of benzene rings is 2.